The molecular formula is C17H25NO4. The molecule has 1 unspecified atom stereocenters. The first-order chi connectivity index (χ1) is 10.6. The number of amides is 1. The Balaban J connectivity index is 2.43. The van der Waals surface area contributed by atoms with Crippen LogP contribution in [-0.2, 0) is 0 Å². The quantitative estimate of drug-likeness (QED) is 0.841. The molecule has 1 aliphatic rings. The van der Waals surface area contributed by atoms with Crippen LogP contribution in [0.2, 0.25) is 0 Å². The van der Waals surface area contributed by atoms with Crippen molar-refractivity contribution in [1.29, 1.82) is 0 Å². The second kappa shape index (κ2) is 7.49. The Morgan fingerprint density at radius 3 is 2.64 bits per heavy atom. The van der Waals surface area contributed by atoms with Crippen molar-refractivity contribution < 1.29 is 19.4 Å². The molecular weight excluding hydrogens is 282 g/mol. The van der Waals surface area contributed by atoms with Crippen molar-refractivity contribution in [1.82, 2.24) is 4.90 Å². The number of carbonyl (C=O) groups excluding carboxylic acids is 1. The monoisotopic (exact) mass is 307 g/mol. The van der Waals surface area contributed by atoms with E-state index in [1.165, 1.54) is 0 Å². The highest BCUT2D eigenvalue weighted by molar-refractivity contribution is 5.99. The molecule has 2 rings (SSSR count). The van der Waals surface area contributed by atoms with E-state index >= 15 is 0 Å². The number of nitrogens with zero attached hydrogens (tertiary/aromatic N) is 1. The van der Waals surface area contributed by atoms with Crippen molar-refractivity contribution in [2.24, 2.45) is 0 Å². The molecule has 0 aliphatic carbocycles. The summed E-state index contributed by atoms with van der Waals surface area (Å²) < 4.78 is 10.9. The number of unbranched alkanes of at least 4 members (excludes halogenated alkanes) is 1. The number of hydrogen-bond acceptors (Lipinski definition) is 4. The number of carbonyl (C=O) groups is 1. The summed E-state index contributed by atoms with van der Waals surface area (Å²) in [5, 5.41) is 10.5. The molecule has 1 aromatic rings. The Morgan fingerprint density at radius 1 is 1.27 bits per heavy atom. The van der Waals surface area contributed by atoms with Crippen molar-refractivity contribution in [2.45, 2.75) is 46.1 Å². The summed E-state index contributed by atoms with van der Waals surface area (Å²) >= 11 is 0. The Hall–Kier alpha value is -1.75. The Morgan fingerprint density at radius 2 is 2.00 bits per heavy atom. The van der Waals surface area contributed by atoms with Crippen molar-refractivity contribution in [2.75, 3.05) is 19.9 Å². The maximum Gasteiger partial charge on any atom is 0.258 e. The van der Waals surface area contributed by atoms with Gasteiger partial charge >= 0.3 is 0 Å². The van der Waals surface area contributed by atoms with Crippen molar-refractivity contribution >= 4 is 5.91 Å². The molecule has 5 heteroatoms. The van der Waals surface area contributed by atoms with Crippen LogP contribution in [0.15, 0.2) is 12.1 Å². The minimum atomic E-state index is -0.663. The van der Waals surface area contributed by atoms with Gasteiger partial charge in [-0.05, 0) is 31.9 Å². The molecule has 0 fully saturated rings. The van der Waals surface area contributed by atoms with Gasteiger partial charge in [-0.15, -0.1) is 0 Å². The van der Waals surface area contributed by atoms with Crippen LogP contribution in [0.3, 0.4) is 0 Å². The van der Waals surface area contributed by atoms with Crippen molar-refractivity contribution in [3.05, 3.63) is 23.3 Å². The van der Waals surface area contributed by atoms with E-state index < -0.39 is 6.10 Å². The third kappa shape index (κ3) is 3.19. The summed E-state index contributed by atoms with van der Waals surface area (Å²) in [4.78, 5) is 14.6. The lowest BCUT2D eigenvalue weighted by atomic mass is 9.96. The van der Waals surface area contributed by atoms with Gasteiger partial charge in [-0.1, -0.05) is 25.8 Å². The summed E-state index contributed by atoms with van der Waals surface area (Å²) in [6.45, 7) is 7.30. The maximum atomic E-state index is 12.8. The van der Waals surface area contributed by atoms with E-state index in [0.717, 1.165) is 12.8 Å². The molecule has 0 radical (unpaired) electrons. The van der Waals surface area contributed by atoms with Crippen molar-refractivity contribution in [3.8, 4) is 11.5 Å². The number of hydrogen-bond donors (Lipinski definition) is 1. The second-order valence-electron chi connectivity index (χ2n) is 5.40. The zero-order valence-electron chi connectivity index (χ0n) is 13.6. The lowest BCUT2D eigenvalue weighted by Crippen LogP contribution is -2.31. The van der Waals surface area contributed by atoms with Crippen molar-refractivity contribution in [3.63, 3.8) is 0 Å². The topological polar surface area (TPSA) is 59.0 Å². The van der Waals surface area contributed by atoms with Gasteiger partial charge in [-0.3, -0.25) is 4.79 Å². The molecule has 1 atom stereocenters. The van der Waals surface area contributed by atoms with E-state index in [2.05, 4.69) is 6.92 Å². The van der Waals surface area contributed by atoms with Gasteiger partial charge in [-0.2, -0.15) is 0 Å². The lowest BCUT2D eigenvalue weighted by Gasteiger charge is -2.23. The third-order valence-electron chi connectivity index (χ3n) is 4.03. The van der Waals surface area contributed by atoms with Crippen LogP contribution in [0, 0.1) is 0 Å². The molecule has 1 aliphatic heterocycles. The summed E-state index contributed by atoms with van der Waals surface area (Å²) in [7, 11) is 0. The van der Waals surface area contributed by atoms with Crippen LogP contribution in [0.5, 0.6) is 11.5 Å². The molecule has 1 N–H and O–H groups in total. The van der Waals surface area contributed by atoms with Crippen LogP contribution < -0.4 is 9.47 Å². The molecule has 1 heterocycles. The second-order valence-corrected chi connectivity index (χ2v) is 5.40. The van der Waals surface area contributed by atoms with Gasteiger partial charge in [0.2, 0.25) is 6.79 Å². The highest BCUT2D eigenvalue weighted by atomic mass is 16.7. The van der Waals surface area contributed by atoms with E-state index in [-0.39, 0.29) is 12.7 Å². The third-order valence-corrected chi connectivity index (χ3v) is 4.03. The highest BCUT2D eigenvalue weighted by Crippen LogP contribution is 2.40. The van der Waals surface area contributed by atoms with Gasteiger partial charge in [0, 0.05) is 13.1 Å². The maximum absolute atomic E-state index is 12.8. The molecule has 0 saturated heterocycles. The van der Waals surface area contributed by atoms with Crippen LogP contribution in [0.1, 0.15) is 62.1 Å². The Bertz CT molecular complexity index is 526. The Labute approximate surface area is 131 Å². The zero-order chi connectivity index (χ0) is 16.1. The summed E-state index contributed by atoms with van der Waals surface area (Å²) in [6, 6.07) is 3.55. The average Bonchev–Trinajstić information content (AvgIpc) is 3.01. The normalized spacial score (nSPS) is 14.0. The average molecular weight is 307 g/mol. The van der Waals surface area contributed by atoms with Gasteiger partial charge in [-0.25, -0.2) is 0 Å². The van der Waals surface area contributed by atoms with E-state index in [1.807, 2.05) is 13.8 Å². The smallest absolute Gasteiger partial charge is 0.258 e. The molecule has 122 valence electrons. The fraction of sp³-hybridized carbons (Fsp3) is 0.588. The summed E-state index contributed by atoms with van der Waals surface area (Å²) in [5.74, 6) is 0.921. The molecule has 0 aromatic heterocycles. The van der Waals surface area contributed by atoms with E-state index in [0.29, 0.717) is 42.1 Å². The Kier molecular flexibility index (Phi) is 5.66. The first kappa shape index (κ1) is 16.6. The minimum Gasteiger partial charge on any atom is -0.454 e. The van der Waals surface area contributed by atoms with Gasteiger partial charge in [0.05, 0.1) is 11.7 Å². The summed E-state index contributed by atoms with van der Waals surface area (Å²) in [5.41, 5.74) is 1.08. The number of benzene rings is 1. The van der Waals surface area contributed by atoms with E-state index in [1.54, 1.807) is 17.0 Å². The van der Waals surface area contributed by atoms with Gasteiger partial charge in [0.15, 0.2) is 11.5 Å². The van der Waals surface area contributed by atoms with Gasteiger partial charge in [0.25, 0.3) is 5.91 Å². The van der Waals surface area contributed by atoms with Crippen LogP contribution >= 0.6 is 0 Å². The summed E-state index contributed by atoms with van der Waals surface area (Å²) in [6.07, 6.45) is 1.88. The predicted molar refractivity (Wildman–Crippen MR) is 84.3 cm³/mol. The fourth-order valence-corrected chi connectivity index (χ4v) is 2.71. The molecule has 0 bridgehead atoms. The van der Waals surface area contributed by atoms with Crippen LogP contribution in [-0.4, -0.2) is 35.8 Å². The SMILES string of the molecule is CCCCC(O)c1ccc2c(c1C(=O)N(CC)CC)OCO2. The first-order valence-corrected chi connectivity index (χ1v) is 8.03. The largest absolute Gasteiger partial charge is 0.454 e. The fourth-order valence-electron chi connectivity index (χ4n) is 2.71. The lowest BCUT2D eigenvalue weighted by molar-refractivity contribution is 0.0759. The van der Waals surface area contributed by atoms with Gasteiger partial charge < -0.3 is 19.5 Å². The molecule has 1 aromatic carbocycles. The predicted octanol–water partition coefficient (Wildman–Crippen LogP) is 3.12. The number of fused-ring (bicyclic) bond motifs is 1. The zero-order valence-corrected chi connectivity index (χ0v) is 13.6. The van der Waals surface area contributed by atoms with E-state index in [9.17, 15) is 9.90 Å². The number of aliphatic hydroxyl groups is 1. The number of ether oxygens (including phenoxy) is 2. The molecule has 22 heavy (non-hydrogen) atoms. The molecule has 5 nitrogen and oxygen atoms in total. The number of aliphatic hydroxyl groups excluding tert-OH is 1. The number of rotatable bonds is 7. The van der Waals surface area contributed by atoms with Crippen LogP contribution in [0.4, 0.5) is 0 Å². The highest BCUT2D eigenvalue weighted by Gasteiger charge is 2.30. The first-order valence-electron chi connectivity index (χ1n) is 8.03. The minimum absolute atomic E-state index is 0.113. The molecule has 1 amide bonds. The van der Waals surface area contributed by atoms with Gasteiger partial charge in [0.1, 0.15) is 0 Å². The molecule has 0 spiro atoms. The molecule has 0 saturated carbocycles. The standard InChI is InChI=1S/C17H25NO4/c1-4-7-8-13(19)12-9-10-14-16(22-11-21-14)15(12)17(20)18(5-2)6-3/h9-10,13,19H,4-8,11H2,1-3H3. The van der Waals surface area contributed by atoms with E-state index in [4.69, 9.17) is 9.47 Å². The van der Waals surface area contributed by atoms with Crippen LogP contribution in [0.25, 0.3) is 0 Å².